The number of amides is 1. The quantitative estimate of drug-likeness (QED) is 0.600. The number of carbonyl (C=O) groups excluding carboxylic acids is 1. The highest BCUT2D eigenvalue weighted by atomic mass is 32.2. The van der Waals surface area contributed by atoms with Crippen molar-refractivity contribution in [1.82, 2.24) is 4.98 Å². The van der Waals surface area contributed by atoms with Gasteiger partial charge in [-0.1, -0.05) is 6.07 Å². The summed E-state index contributed by atoms with van der Waals surface area (Å²) in [6, 6.07) is 10.8. The summed E-state index contributed by atoms with van der Waals surface area (Å²) >= 11 is 1.14. The fraction of sp³-hybridized carbons (Fsp3) is 0.0588. The zero-order chi connectivity index (χ0) is 20.1. The molecule has 2 aromatic carbocycles. The number of sulfonamides is 1. The number of anilines is 2. The first-order valence-electron chi connectivity index (χ1n) is 7.72. The van der Waals surface area contributed by atoms with Crippen LogP contribution in [0.3, 0.4) is 0 Å². The molecule has 146 valence electrons. The Morgan fingerprint density at radius 3 is 2.54 bits per heavy atom. The van der Waals surface area contributed by atoms with Gasteiger partial charge in [-0.25, -0.2) is 13.4 Å². The molecular weight excluding hydrogens is 412 g/mol. The van der Waals surface area contributed by atoms with Crippen molar-refractivity contribution in [2.75, 3.05) is 10.0 Å². The molecule has 28 heavy (non-hydrogen) atoms. The van der Waals surface area contributed by atoms with E-state index < -0.39 is 22.5 Å². The van der Waals surface area contributed by atoms with E-state index in [1.165, 1.54) is 54.7 Å². The number of rotatable bonds is 7. The van der Waals surface area contributed by atoms with Gasteiger partial charge in [-0.2, -0.15) is 8.78 Å². The van der Waals surface area contributed by atoms with Crippen molar-refractivity contribution in [3.63, 3.8) is 0 Å². The van der Waals surface area contributed by atoms with Crippen molar-refractivity contribution >= 4 is 38.1 Å². The van der Waals surface area contributed by atoms with E-state index in [1.54, 1.807) is 5.38 Å². The van der Waals surface area contributed by atoms with Crippen LogP contribution in [-0.2, 0) is 10.0 Å². The Hall–Kier alpha value is -3.05. The van der Waals surface area contributed by atoms with Gasteiger partial charge in [0.05, 0.1) is 4.90 Å². The molecular formula is C17H13F2N3O4S2. The largest absolute Gasteiger partial charge is 0.435 e. The van der Waals surface area contributed by atoms with E-state index in [9.17, 15) is 22.0 Å². The molecule has 1 amide bonds. The first-order chi connectivity index (χ1) is 13.3. The highest BCUT2D eigenvalue weighted by Crippen LogP contribution is 2.21. The lowest BCUT2D eigenvalue weighted by Gasteiger charge is -2.09. The van der Waals surface area contributed by atoms with Crippen LogP contribution in [0.1, 0.15) is 10.4 Å². The van der Waals surface area contributed by atoms with Gasteiger partial charge in [-0.15, -0.1) is 11.3 Å². The van der Waals surface area contributed by atoms with E-state index in [-0.39, 0.29) is 21.3 Å². The molecule has 1 aromatic heterocycles. The van der Waals surface area contributed by atoms with Crippen molar-refractivity contribution < 1.29 is 26.7 Å². The predicted octanol–water partition coefficient (Wildman–Crippen LogP) is 3.80. The molecule has 3 rings (SSSR count). The number of carbonyl (C=O) groups is 1. The SMILES string of the molecule is O=C(Nc1ccc(S(=O)(=O)Nc2nccs2)cc1)c1cccc(OC(F)F)c1. The summed E-state index contributed by atoms with van der Waals surface area (Å²) < 4.78 is 55.7. The van der Waals surface area contributed by atoms with Crippen LogP contribution in [0.15, 0.2) is 65.0 Å². The third kappa shape index (κ3) is 5.02. The summed E-state index contributed by atoms with van der Waals surface area (Å²) in [5.41, 5.74) is 0.443. The maximum atomic E-state index is 12.3. The summed E-state index contributed by atoms with van der Waals surface area (Å²) in [5.74, 6) is -0.700. The lowest BCUT2D eigenvalue weighted by atomic mass is 10.2. The van der Waals surface area contributed by atoms with Gasteiger partial charge in [0.15, 0.2) is 5.13 Å². The number of halogens is 2. The molecule has 0 fully saturated rings. The maximum absolute atomic E-state index is 12.3. The fourth-order valence-electron chi connectivity index (χ4n) is 2.18. The second kappa shape index (κ2) is 8.31. The van der Waals surface area contributed by atoms with Crippen LogP contribution in [0.2, 0.25) is 0 Å². The minimum absolute atomic E-state index is 0.00645. The van der Waals surface area contributed by atoms with Crippen LogP contribution in [0.5, 0.6) is 5.75 Å². The van der Waals surface area contributed by atoms with Crippen LogP contribution in [0, 0.1) is 0 Å². The van der Waals surface area contributed by atoms with Gasteiger partial charge in [0, 0.05) is 22.8 Å². The molecule has 0 saturated heterocycles. The van der Waals surface area contributed by atoms with Gasteiger partial charge in [0.2, 0.25) is 0 Å². The van der Waals surface area contributed by atoms with E-state index in [0.717, 1.165) is 11.3 Å². The van der Waals surface area contributed by atoms with Crippen molar-refractivity contribution in [2.24, 2.45) is 0 Å². The number of alkyl halides is 2. The zero-order valence-corrected chi connectivity index (χ0v) is 15.6. The molecule has 0 aliphatic carbocycles. The topological polar surface area (TPSA) is 97.4 Å². The molecule has 11 heteroatoms. The second-order valence-electron chi connectivity index (χ2n) is 5.33. The van der Waals surface area contributed by atoms with Crippen molar-refractivity contribution in [3.8, 4) is 5.75 Å². The fourth-order valence-corrected chi connectivity index (χ4v) is 3.97. The molecule has 0 aliphatic rings. The Labute approximate surface area is 163 Å². The van der Waals surface area contributed by atoms with Gasteiger partial charge >= 0.3 is 6.61 Å². The number of hydrogen-bond acceptors (Lipinski definition) is 6. The molecule has 3 aromatic rings. The minimum atomic E-state index is -3.80. The van der Waals surface area contributed by atoms with Crippen molar-refractivity contribution in [3.05, 3.63) is 65.7 Å². The smallest absolute Gasteiger partial charge is 0.387 e. The summed E-state index contributed by atoms with van der Waals surface area (Å²) in [7, 11) is -3.80. The molecule has 0 saturated carbocycles. The van der Waals surface area contributed by atoms with Crippen LogP contribution in [0.25, 0.3) is 0 Å². The first-order valence-corrected chi connectivity index (χ1v) is 10.1. The monoisotopic (exact) mass is 425 g/mol. The van der Waals surface area contributed by atoms with Gasteiger partial charge in [0.1, 0.15) is 5.75 Å². The van der Waals surface area contributed by atoms with Crippen molar-refractivity contribution in [1.29, 1.82) is 0 Å². The third-order valence-corrected chi connectivity index (χ3v) is 5.57. The van der Waals surface area contributed by atoms with Gasteiger partial charge in [-0.05, 0) is 42.5 Å². The highest BCUT2D eigenvalue weighted by Gasteiger charge is 2.16. The average Bonchev–Trinajstić information content (AvgIpc) is 3.14. The molecule has 7 nitrogen and oxygen atoms in total. The van der Waals surface area contributed by atoms with E-state index in [4.69, 9.17) is 0 Å². The molecule has 0 spiro atoms. The summed E-state index contributed by atoms with van der Waals surface area (Å²) in [5, 5.41) is 4.43. The maximum Gasteiger partial charge on any atom is 0.387 e. The molecule has 0 aliphatic heterocycles. The molecule has 0 radical (unpaired) electrons. The molecule has 2 N–H and O–H groups in total. The number of thiazole rings is 1. The Morgan fingerprint density at radius 2 is 1.89 bits per heavy atom. The molecule has 0 bridgehead atoms. The zero-order valence-electron chi connectivity index (χ0n) is 14.0. The van der Waals surface area contributed by atoms with E-state index >= 15 is 0 Å². The van der Waals surface area contributed by atoms with Gasteiger partial charge < -0.3 is 10.1 Å². The second-order valence-corrected chi connectivity index (χ2v) is 7.90. The normalized spacial score (nSPS) is 11.2. The molecule has 1 heterocycles. The third-order valence-electron chi connectivity index (χ3n) is 3.40. The Bertz CT molecular complexity index is 1060. The number of benzene rings is 2. The highest BCUT2D eigenvalue weighted by molar-refractivity contribution is 7.93. The van der Waals surface area contributed by atoms with Crippen LogP contribution >= 0.6 is 11.3 Å². The Kier molecular flexibility index (Phi) is 5.85. The first kappa shape index (κ1) is 19.7. The lowest BCUT2D eigenvalue weighted by Crippen LogP contribution is -2.14. The van der Waals surface area contributed by atoms with Gasteiger partial charge in [-0.3, -0.25) is 9.52 Å². The van der Waals surface area contributed by atoms with Crippen LogP contribution in [-0.4, -0.2) is 25.9 Å². The number of aromatic nitrogens is 1. The number of nitrogens with one attached hydrogen (secondary N) is 2. The van der Waals surface area contributed by atoms with Crippen molar-refractivity contribution in [2.45, 2.75) is 11.5 Å². The van der Waals surface area contributed by atoms with Crippen LogP contribution in [0.4, 0.5) is 19.6 Å². The standard InChI is InChI=1S/C17H13F2N3O4S2/c18-16(19)26-13-3-1-2-11(10-13)15(23)21-12-4-6-14(7-5-12)28(24,25)22-17-20-8-9-27-17/h1-10,16H,(H,20,22)(H,21,23). The predicted molar refractivity (Wildman–Crippen MR) is 100 cm³/mol. The number of hydrogen-bond donors (Lipinski definition) is 2. The van der Waals surface area contributed by atoms with E-state index in [2.05, 4.69) is 19.8 Å². The Morgan fingerprint density at radius 1 is 1.14 bits per heavy atom. The molecule has 0 unspecified atom stereocenters. The number of ether oxygens (including phenoxy) is 1. The Balaban J connectivity index is 1.69. The minimum Gasteiger partial charge on any atom is -0.435 e. The summed E-state index contributed by atoms with van der Waals surface area (Å²) in [6.07, 6.45) is 1.47. The molecule has 0 atom stereocenters. The van der Waals surface area contributed by atoms with Crippen LogP contribution < -0.4 is 14.8 Å². The van der Waals surface area contributed by atoms with Gasteiger partial charge in [0.25, 0.3) is 15.9 Å². The average molecular weight is 425 g/mol. The van der Waals surface area contributed by atoms with E-state index in [0.29, 0.717) is 5.69 Å². The lowest BCUT2D eigenvalue weighted by molar-refractivity contribution is -0.0498. The van der Waals surface area contributed by atoms with E-state index in [1.807, 2.05) is 0 Å². The summed E-state index contributed by atoms with van der Waals surface area (Å²) in [6.45, 7) is -2.99. The number of nitrogens with zero attached hydrogens (tertiary/aromatic N) is 1. The summed E-state index contributed by atoms with van der Waals surface area (Å²) in [4.78, 5) is 16.1.